The molecule has 1 atom stereocenters. The van der Waals surface area contributed by atoms with Crippen LogP contribution in [0, 0.1) is 6.92 Å². The number of hydrogen-bond acceptors (Lipinski definition) is 6. The van der Waals surface area contributed by atoms with Crippen LogP contribution >= 0.6 is 0 Å². The van der Waals surface area contributed by atoms with Crippen LogP contribution in [0.15, 0.2) is 24.3 Å². The fourth-order valence-corrected chi connectivity index (χ4v) is 3.14. The van der Waals surface area contributed by atoms with E-state index in [1.165, 1.54) is 17.7 Å². The second-order valence-corrected chi connectivity index (χ2v) is 6.55. The van der Waals surface area contributed by atoms with E-state index in [1.807, 2.05) is 25.9 Å². The van der Waals surface area contributed by atoms with Gasteiger partial charge in [0.1, 0.15) is 12.0 Å². The number of rotatable bonds is 4. The lowest BCUT2D eigenvalue weighted by Crippen LogP contribution is -2.48. The first-order valence-corrected chi connectivity index (χ1v) is 8.44. The summed E-state index contributed by atoms with van der Waals surface area (Å²) in [6, 6.07) is 8.67. The average Bonchev–Trinajstić information content (AvgIpc) is 2.59. The Kier molecular flexibility index (Phi) is 4.55. The molecule has 0 fully saturated rings. The Morgan fingerprint density at radius 1 is 1.04 bits per heavy atom. The molecule has 0 bridgehead atoms. The molecule has 1 aliphatic rings. The summed E-state index contributed by atoms with van der Waals surface area (Å²) in [5.74, 6) is 2.14. The van der Waals surface area contributed by atoms with E-state index in [-0.39, 0.29) is 6.17 Å². The van der Waals surface area contributed by atoms with Crippen molar-refractivity contribution in [3.63, 3.8) is 0 Å². The minimum atomic E-state index is 0.170. The molecule has 0 aliphatic carbocycles. The fraction of sp³-hybridized carbons (Fsp3) is 0.500. The van der Waals surface area contributed by atoms with Crippen LogP contribution in [0.5, 0.6) is 0 Å². The van der Waals surface area contributed by atoms with Crippen LogP contribution in [0.4, 0.5) is 17.6 Å². The van der Waals surface area contributed by atoms with Gasteiger partial charge in [0.2, 0.25) is 11.9 Å². The highest BCUT2D eigenvalue weighted by atomic mass is 15.4. The lowest BCUT2D eigenvalue weighted by atomic mass is 10.0. The third kappa shape index (κ3) is 3.13. The average molecular weight is 326 g/mol. The molecule has 0 spiro atoms. The number of benzene rings is 1. The van der Waals surface area contributed by atoms with Gasteiger partial charge < -0.3 is 14.7 Å². The summed E-state index contributed by atoms with van der Waals surface area (Å²) in [7, 11) is 5.95. The van der Waals surface area contributed by atoms with E-state index in [0.29, 0.717) is 11.9 Å². The van der Waals surface area contributed by atoms with Gasteiger partial charge in [-0.1, -0.05) is 18.2 Å². The predicted octanol–water partition coefficient (Wildman–Crippen LogP) is 2.48. The molecule has 6 nitrogen and oxygen atoms in total. The van der Waals surface area contributed by atoms with Crippen molar-refractivity contribution in [1.82, 2.24) is 15.0 Å². The maximum absolute atomic E-state index is 4.61. The smallest absolute Gasteiger partial charge is 0.231 e. The first-order valence-electron chi connectivity index (χ1n) is 8.44. The van der Waals surface area contributed by atoms with E-state index in [2.05, 4.69) is 63.0 Å². The third-order valence-electron chi connectivity index (χ3n) is 4.60. The van der Waals surface area contributed by atoms with Crippen LogP contribution < -0.4 is 14.7 Å². The number of aromatic nitrogens is 3. The number of nitrogens with zero attached hydrogens (tertiary/aromatic N) is 6. The number of para-hydroxylation sites is 1. The maximum Gasteiger partial charge on any atom is 0.231 e. The summed E-state index contributed by atoms with van der Waals surface area (Å²) in [5, 5.41) is 0. The molecule has 1 aliphatic heterocycles. The van der Waals surface area contributed by atoms with Crippen LogP contribution in [0.3, 0.4) is 0 Å². The molecule has 2 aromatic rings. The topological polar surface area (TPSA) is 48.4 Å². The Hall–Kier alpha value is -2.37. The van der Waals surface area contributed by atoms with Gasteiger partial charge in [-0.2, -0.15) is 15.0 Å². The molecule has 6 heteroatoms. The van der Waals surface area contributed by atoms with Crippen molar-refractivity contribution in [3.05, 3.63) is 35.7 Å². The predicted molar refractivity (Wildman–Crippen MR) is 98.9 cm³/mol. The van der Waals surface area contributed by atoms with E-state index in [9.17, 15) is 0 Å². The summed E-state index contributed by atoms with van der Waals surface area (Å²) in [5.41, 5.74) is 2.74. The molecule has 0 radical (unpaired) electrons. The highest BCUT2D eigenvalue weighted by Crippen LogP contribution is 2.29. The van der Waals surface area contributed by atoms with Gasteiger partial charge in [0.15, 0.2) is 0 Å². The van der Waals surface area contributed by atoms with E-state index in [1.54, 1.807) is 0 Å². The number of anilines is 3. The molecule has 0 N–H and O–H groups in total. The molecular weight excluding hydrogens is 300 g/mol. The molecule has 0 saturated heterocycles. The minimum Gasteiger partial charge on any atom is -0.351 e. The van der Waals surface area contributed by atoms with E-state index in [0.717, 1.165) is 18.8 Å². The van der Waals surface area contributed by atoms with E-state index >= 15 is 0 Å². The Bertz CT molecular complexity index is 714. The lowest BCUT2D eigenvalue weighted by molar-refractivity contribution is 0.575. The van der Waals surface area contributed by atoms with Crippen molar-refractivity contribution in [2.24, 2.45) is 0 Å². The highest BCUT2D eigenvalue weighted by molar-refractivity contribution is 5.57. The van der Waals surface area contributed by atoms with E-state index < -0.39 is 0 Å². The Balaban J connectivity index is 1.90. The fourth-order valence-electron chi connectivity index (χ4n) is 3.14. The molecule has 3 rings (SSSR count). The van der Waals surface area contributed by atoms with Crippen molar-refractivity contribution >= 4 is 17.6 Å². The van der Waals surface area contributed by atoms with Gasteiger partial charge in [0.25, 0.3) is 0 Å². The molecule has 1 aromatic carbocycles. The van der Waals surface area contributed by atoms with Gasteiger partial charge in [0, 0.05) is 33.4 Å². The molecule has 1 unspecified atom stereocenters. The maximum atomic E-state index is 4.61. The van der Waals surface area contributed by atoms with Crippen LogP contribution in [0.1, 0.15) is 24.7 Å². The van der Waals surface area contributed by atoms with Crippen LogP contribution in [0.25, 0.3) is 0 Å². The quantitative estimate of drug-likeness (QED) is 0.860. The molecule has 128 valence electrons. The van der Waals surface area contributed by atoms with Crippen LogP contribution in [-0.4, -0.2) is 48.8 Å². The summed E-state index contributed by atoms with van der Waals surface area (Å²) in [4.78, 5) is 20.0. The van der Waals surface area contributed by atoms with Crippen molar-refractivity contribution < 1.29 is 0 Å². The zero-order chi connectivity index (χ0) is 17.3. The molecule has 2 heterocycles. The summed E-state index contributed by atoms with van der Waals surface area (Å²) >= 11 is 0. The zero-order valence-corrected chi connectivity index (χ0v) is 15.2. The van der Waals surface area contributed by atoms with Crippen molar-refractivity contribution in [2.75, 3.05) is 42.4 Å². The Morgan fingerprint density at radius 2 is 1.75 bits per heavy atom. The van der Waals surface area contributed by atoms with Crippen molar-refractivity contribution in [3.8, 4) is 0 Å². The van der Waals surface area contributed by atoms with Gasteiger partial charge in [-0.25, -0.2) is 0 Å². The minimum absolute atomic E-state index is 0.170. The SMILES string of the molecule is Cc1nc(N(C)C)nc(N(C)C(C)N2CCCc3ccccc32)n1. The largest absolute Gasteiger partial charge is 0.351 e. The zero-order valence-electron chi connectivity index (χ0n) is 15.2. The van der Waals surface area contributed by atoms with E-state index in [4.69, 9.17) is 0 Å². The van der Waals surface area contributed by atoms with Crippen molar-refractivity contribution in [2.45, 2.75) is 32.9 Å². The molecule has 0 saturated carbocycles. The van der Waals surface area contributed by atoms with Gasteiger partial charge in [0.05, 0.1) is 0 Å². The molecule has 1 aromatic heterocycles. The first-order chi connectivity index (χ1) is 11.5. The van der Waals surface area contributed by atoms with Crippen molar-refractivity contribution in [1.29, 1.82) is 0 Å². The second kappa shape index (κ2) is 6.63. The Labute approximate surface area is 144 Å². The summed E-state index contributed by atoms with van der Waals surface area (Å²) in [6.07, 6.45) is 2.50. The van der Waals surface area contributed by atoms with Crippen LogP contribution in [0.2, 0.25) is 0 Å². The first kappa shape index (κ1) is 16.5. The standard InChI is InChI=1S/C18H26N6/c1-13-19-17(22(3)4)21-18(20-13)23(5)14(2)24-12-8-10-15-9-6-7-11-16(15)24/h6-7,9,11,14H,8,10,12H2,1-5H3. The normalized spacial score (nSPS) is 15.0. The van der Waals surface area contributed by atoms with Gasteiger partial charge >= 0.3 is 0 Å². The highest BCUT2D eigenvalue weighted by Gasteiger charge is 2.25. The molecule has 0 amide bonds. The van der Waals surface area contributed by atoms with Gasteiger partial charge in [-0.3, -0.25) is 0 Å². The third-order valence-corrected chi connectivity index (χ3v) is 4.60. The van der Waals surface area contributed by atoms with Gasteiger partial charge in [-0.05, 0) is 38.3 Å². The lowest BCUT2D eigenvalue weighted by Gasteiger charge is -2.40. The second-order valence-electron chi connectivity index (χ2n) is 6.55. The number of fused-ring (bicyclic) bond motifs is 1. The summed E-state index contributed by atoms with van der Waals surface area (Å²) < 4.78 is 0. The molecular formula is C18H26N6. The summed E-state index contributed by atoms with van der Waals surface area (Å²) in [6.45, 7) is 5.16. The number of hydrogen-bond donors (Lipinski definition) is 0. The number of aryl methyl sites for hydroxylation is 2. The monoisotopic (exact) mass is 326 g/mol. The molecule has 24 heavy (non-hydrogen) atoms. The Morgan fingerprint density at radius 3 is 2.50 bits per heavy atom. The van der Waals surface area contributed by atoms with Gasteiger partial charge in [-0.15, -0.1) is 0 Å². The van der Waals surface area contributed by atoms with Crippen LogP contribution in [-0.2, 0) is 6.42 Å².